The summed E-state index contributed by atoms with van der Waals surface area (Å²) in [6, 6.07) is 0.424. The Labute approximate surface area is 99.9 Å². The van der Waals surface area contributed by atoms with Crippen molar-refractivity contribution in [1.82, 2.24) is 4.98 Å². The molecule has 2 rings (SSSR count). The molecular formula is C11H18N2O2S. The minimum absolute atomic E-state index is 0.424. The molecule has 2 atom stereocenters. The SMILES string of the molecule is Cc1nc(N(C)C2CCOC2)sc1C(C)O. The molecule has 1 fully saturated rings. The number of thiazole rings is 1. The first kappa shape index (κ1) is 11.8. The first-order chi connectivity index (χ1) is 7.59. The molecule has 1 aliphatic heterocycles. The first-order valence-corrected chi connectivity index (χ1v) is 6.37. The Morgan fingerprint density at radius 3 is 2.88 bits per heavy atom. The molecular weight excluding hydrogens is 224 g/mol. The third-order valence-electron chi connectivity index (χ3n) is 2.96. The summed E-state index contributed by atoms with van der Waals surface area (Å²) in [6.07, 6.45) is 0.624. The van der Waals surface area contributed by atoms with Crippen LogP contribution in [0.3, 0.4) is 0 Å². The van der Waals surface area contributed by atoms with Crippen LogP contribution in [0, 0.1) is 6.92 Å². The second-order valence-corrected chi connectivity index (χ2v) is 5.26. The van der Waals surface area contributed by atoms with Crippen LogP contribution in [0.25, 0.3) is 0 Å². The zero-order valence-electron chi connectivity index (χ0n) is 9.93. The van der Waals surface area contributed by atoms with Gasteiger partial charge in [-0.05, 0) is 20.3 Å². The maximum atomic E-state index is 9.59. The molecule has 16 heavy (non-hydrogen) atoms. The fraction of sp³-hybridized carbons (Fsp3) is 0.727. The predicted molar refractivity (Wildman–Crippen MR) is 65.1 cm³/mol. The molecule has 0 saturated carbocycles. The van der Waals surface area contributed by atoms with E-state index in [0.717, 1.165) is 35.3 Å². The predicted octanol–water partition coefficient (Wildman–Crippen LogP) is 1.73. The van der Waals surface area contributed by atoms with Gasteiger partial charge in [0.25, 0.3) is 0 Å². The standard InChI is InChI=1S/C11H18N2O2S/c1-7-10(8(2)14)16-11(12-7)13(3)9-4-5-15-6-9/h8-9,14H,4-6H2,1-3H3. The molecule has 4 nitrogen and oxygen atoms in total. The minimum Gasteiger partial charge on any atom is -0.388 e. The number of anilines is 1. The lowest BCUT2D eigenvalue weighted by Gasteiger charge is -2.21. The van der Waals surface area contributed by atoms with E-state index in [2.05, 4.69) is 9.88 Å². The number of hydrogen-bond acceptors (Lipinski definition) is 5. The Hall–Kier alpha value is -0.650. The molecule has 1 aromatic heterocycles. The Morgan fingerprint density at radius 1 is 1.62 bits per heavy atom. The van der Waals surface area contributed by atoms with Crippen molar-refractivity contribution < 1.29 is 9.84 Å². The number of nitrogens with zero attached hydrogens (tertiary/aromatic N) is 2. The van der Waals surface area contributed by atoms with Crippen LogP contribution in [0.15, 0.2) is 0 Å². The summed E-state index contributed by atoms with van der Waals surface area (Å²) in [7, 11) is 2.05. The van der Waals surface area contributed by atoms with Gasteiger partial charge in [-0.1, -0.05) is 11.3 Å². The molecule has 1 N–H and O–H groups in total. The van der Waals surface area contributed by atoms with Gasteiger partial charge in [0, 0.05) is 13.7 Å². The van der Waals surface area contributed by atoms with Gasteiger partial charge in [-0.25, -0.2) is 4.98 Å². The van der Waals surface area contributed by atoms with Crippen LogP contribution in [0.1, 0.15) is 30.0 Å². The summed E-state index contributed by atoms with van der Waals surface area (Å²) < 4.78 is 5.37. The molecule has 1 aliphatic rings. The quantitative estimate of drug-likeness (QED) is 0.877. The summed E-state index contributed by atoms with van der Waals surface area (Å²) in [5.41, 5.74) is 0.931. The van der Waals surface area contributed by atoms with Crippen LogP contribution in [0.2, 0.25) is 0 Å². The van der Waals surface area contributed by atoms with Gasteiger partial charge in [0.05, 0.1) is 29.3 Å². The zero-order valence-corrected chi connectivity index (χ0v) is 10.8. The smallest absolute Gasteiger partial charge is 0.185 e. The lowest BCUT2D eigenvalue weighted by atomic mass is 10.2. The molecule has 0 spiro atoms. The molecule has 1 aromatic rings. The highest BCUT2D eigenvalue weighted by atomic mass is 32.1. The number of aryl methyl sites for hydroxylation is 1. The van der Waals surface area contributed by atoms with Gasteiger partial charge in [0.2, 0.25) is 0 Å². The van der Waals surface area contributed by atoms with Crippen LogP contribution >= 0.6 is 11.3 Å². The molecule has 90 valence electrons. The van der Waals surface area contributed by atoms with Gasteiger partial charge in [-0.2, -0.15) is 0 Å². The molecule has 5 heteroatoms. The normalized spacial score (nSPS) is 22.4. The summed E-state index contributed by atoms with van der Waals surface area (Å²) >= 11 is 1.57. The Kier molecular flexibility index (Phi) is 3.47. The summed E-state index contributed by atoms with van der Waals surface area (Å²) in [6.45, 7) is 5.34. The van der Waals surface area contributed by atoms with Gasteiger partial charge in [0.1, 0.15) is 0 Å². The second-order valence-electron chi connectivity index (χ2n) is 4.25. The highest BCUT2D eigenvalue weighted by Crippen LogP contribution is 2.31. The number of aromatic nitrogens is 1. The van der Waals surface area contributed by atoms with E-state index in [0.29, 0.717) is 6.04 Å². The van der Waals surface area contributed by atoms with Crippen molar-refractivity contribution >= 4 is 16.5 Å². The highest BCUT2D eigenvalue weighted by Gasteiger charge is 2.23. The van der Waals surface area contributed by atoms with E-state index in [1.54, 1.807) is 18.3 Å². The average Bonchev–Trinajstić information content (AvgIpc) is 2.84. The monoisotopic (exact) mass is 242 g/mol. The van der Waals surface area contributed by atoms with Crippen LogP contribution in [0.4, 0.5) is 5.13 Å². The van der Waals surface area contributed by atoms with E-state index in [1.165, 1.54) is 0 Å². The molecule has 0 amide bonds. The molecule has 2 heterocycles. The third-order valence-corrected chi connectivity index (χ3v) is 4.37. The number of hydrogen-bond donors (Lipinski definition) is 1. The summed E-state index contributed by atoms with van der Waals surface area (Å²) in [5, 5.41) is 10.6. The molecule has 2 unspecified atom stereocenters. The molecule has 0 bridgehead atoms. The Bertz CT molecular complexity index is 359. The van der Waals surface area contributed by atoms with Gasteiger partial charge in [0.15, 0.2) is 5.13 Å². The largest absolute Gasteiger partial charge is 0.388 e. The van der Waals surface area contributed by atoms with Crippen LogP contribution in [0.5, 0.6) is 0 Å². The van der Waals surface area contributed by atoms with Gasteiger partial charge in [-0.15, -0.1) is 0 Å². The van der Waals surface area contributed by atoms with Crippen molar-refractivity contribution in [3.05, 3.63) is 10.6 Å². The fourth-order valence-electron chi connectivity index (χ4n) is 1.92. The van der Waals surface area contributed by atoms with Crippen molar-refractivity contribution in [2.75, 3.05) is 25.2 Å². The van der Waals surface area contributed by atoms with Gasteiger partial charge in [-0.3, -0.25) is 0 Å². The van der Waals surface area contributed by atoms with Gasteiger partial charge >= 0.3 is 0 Å². The van der Waals surface area contributed by atoms with E-state index in [4.69, 9.17) is 4.74 Å². The first-order valence-electron chi connectivity index (χ1n) is 5.55. The fourth-order valence-corrected chi connectivity index (χ4v) is 2.95. The van der Waals surface area contributed by atoms with E-state index in [1.807, 2.05) is 14.0 Å². The number of aliphatic hydroxyl groups is 1. The maximum absolute atomic E-state index is 9.59. The van der Waals surface area contributed by atoms with Crippen LogP contribution in [-0.4, -0.2) is 36.4 Å². The van der Waals surface area contributed by atoms with Crippen molar-refractivity contribution in [1.29, 1.82) is 0 Å². The van der Waals surface area contributed by atoms with E-state index in [9.17, 15) is 5.11 Å². The molecule has 0 radical (unpaired) electrons. The van der Waals surface area contributed by atoms with Gasteiger partial charge < -0.3 is 14.7 Å². The number of ether oxygens (including phenoxy) is 1. The second kappa shape index (κ2) is 4.69. The van der Waals surface area contributed by atoms with E-state index >= 15 is 0 Å². The topological polar surface area (TPSA) is 45.6 Å². The summed E-state index contributed by atoms with van der Waals surface area (Å²) in [4.78, 5) is 7.63. The third kappa shape index (κ3) is 2.21. The molecule has 1 saturated heterocycles. The lowest BCUT2D eigenvalue weighted by molar-refractivity contribution is 0.193. The van der Waals surface area contributed by atoms with E-state index in [-0.39, 0.29) is 0 Å². The summed E-state index contributed by atoms with van der Waals surface area (Å²) in [5.74, 6) is 0. The van der Waals surface area contributed by atoms with Crippen molar-refractivity contribution in [2.45, 2.75) is 32.4 Å². The Morgan fingerprint density at radius 2 is 2.38 bits per heavy atom. The average molecular weight is 242 g/mol. The number of rotatable bonds is 3. The molecule has 0 aliphatic carbocycles. The molecule has 0 aromatic carbocycles. The highest BCUT2D eigenvalue weighted by molar-refractivity contribution is 7.15. The minimum atomic E-state index is -0.431. The van der Waals surface area contributed by atoms with Crippen LogP contribution in [-0.2, 0) is 4.74 Å². The van der Waals surface area contributed by atoms with Crippen molar-refractivity contribution in [2.24, 2.45) is 0 Å². The Balaban J connectivity index is 2.16. The van der Waals surface area contributed by atoms with Crippen molar-refractivity contribution in [3.63, 3.8) is 0 Å². The lowest BCUT2D eigenvalue weighted by Crippen LogP contribution is -2.31. The number of likely N-dealkylation sites (N-methyl/N-ethyl adjacent to an activating group) is 1. The maximum Gasteiger partial charge on any atom is 0.185 e. The number of aliphatic hydroxyl groups excluding tert-OH is 1. The van der Waals surface area contributed by atoms with Crippen molar-refractivity contribution in [3.8, 4) is 0 Å². The van der Waals surface area contributed by atoms with E-state index < -0.39 is 6.10 Å². The van der Waals surface area contributed by atoms with Crippen LogP contribution < -0.4 is 4.90 Å². The zero-order chi connectivity index (χ0) is 11.7.